The van der Waals surface area contributed by atoms with Crippen LogP contribution in [-0.4, -0.2) is 21.5 Å². The van der Waals surface area contributed by atoms with Gasteiger partial charge in [-0.3, -0.25) is 10.4 Å². The van der Waals surface area contributed by atoms with E-state index in [-0.39, 0.29) is 12.3 Å². The maximum atomic E-state index is 13.9. The second kappa shape index (κ2) is 11.7. The maximum Gasteiger partial charge on any atom is 0.444 e. The van der Waals surface area contributed by atoms with Crippen LogP contribution in [0.1, 0.15) is 17.4 Å². The molecule has 0 spiro atoms. The first-order chi connectivity index (χ1) is 18.2. The van der Waals surface area contributed by atoms with Crippen molar-refractivity contribution in [3.8, 4) is 22.6 Å². The zero-order valence-electron chi connectivity index (χ0n) is 20.1. The molecule has 4 aromatic carbocycles. The van der Waals surface area contributed by atoms with Gasteiger partial charge in [-0.1, -0.05) is 91.0 Å². The lowest BCUT2D eigenvalue weighted by atomic mass is 10.0. The van der Waals surface area contributed by atoms with E-state index in [1.807, 2.05) is 54.6 Å². The van der Waals surface area contributed by atoms with Crippen LogP contribution in [0.15, 0.2) is 122 Å². The van der Waals surface area contributed by atoms with E-state index >= 15 is 0 Å². The van der Waals surface area contributed by atoms with Gasteiger partial charge >= 0.3 is 7.60 Å². The zero-order valence-corrected chi connectivity index (χ0v) is 21.0. The van der Waals surface area contributed by atoms with Gasteiger partial charge in [0, 0.05) is 0 Å². The summed E-state index contributed by atoms with van der Waals surface area (Å²) in [6.07, 6.45) is 2.02. The maximum absolute atomic E-state index is 13.9. The first kappa shape index (κ1) is 24.5. The second-order valence-electron chi connectivity index (χ2n) is 8.47. The summed E-state index contributed by atoms with van der Waals surface area (Å²) in [7, 11) is -3.64. The quantitative estimate of drug-likeness (QED) is 0.193. The first-order valence-corrected chi connectivity index (χ1v) is 13.7. The predicted molar refractivity (Wildman–Crippen MR) is 144 cm³/mol. The molecule has 0 saturated carbocycles. The number of benzene rings is 4. The molecule has 0 bridgehead atoms. The third-order valence-electron chi connectivity index (χ3n) is 5.77. The van der Waals surface area contributed by atoms with Crippen molar-refractivity contribution in [2.24, 2.45) is 0 Å². The van der Waals surface area contributed by atoms with Gasteiger partial charge in [0.25, 0.3) is 0 Å². The zero-order chi connectivity index (χ0) is 25.3. The summed E-state index contributed by atoms with van der Waals surface area (Å²) in [4.78, 5) is 4.35. The first-order valence-electron chi connectivity index (χ1n) is 12.0. The highest BCUT2D eigenvalue weighted by atomic mass is 31.2. The third kappa shape index (κ3) is 6.73. The molecule has 5 rings (SSSR count). The van der Waals surface area contributed by atoms with Crippen LogP contribution in [0, 0.1) is 0 Å². The number of aromatic nitrogens is 3. The fraction of sp³-hybridized carbons (Fsp3) is 0.103. The Labute approximate surface area is 216 Å². The smallest absolute Gasteiger partial charge is 0.415 e. The molecule has 1 aromatic heterocycles. The molecule has 1 atom stereocenters. The second-order valence-corrected chi connectivity index (χ2v) is 10.4. The Bertz CT molecular complexity index is 1370. The lowest BCUT2D eigenvalue weighted by Gasteiger charge is -2.23. The van der Waals surface area contributed by atoms with Gasteiger partial charge in [-0.2, -0.15) is 5.10 Å². The topological polar surface area (TPSA) is 89.1 Å². The highest BCUT2D eigenvalue weighted by molar-refractivity contribution is 7.54. The van der Waals surface area contributed by atoms with Crippen molar-refractivity contribution < 1.29 is 13.6 Å². The van der Waals surface area contributed by atoms with Gasteiger partial charge in [-0.05, 0) is 47.4 Å². The molecule has 1 heterocycles. The Morgan fingerprint density at radius 3 is 1.81 bits per heavy atom. The monoisotopic (exact) mass is 510 g/mol. The molecule has 7 nitrogen and oxygen atoms in total. The van der Waals surface area contributed by atoms with E-state index in [0.29, 0.717) is 23.7 Å². The molecule has 8 heteroatoms. The summed E-state index contributed by atoms with van der Waals surface area (Å²) >= 11 is 0. The SMILES string of the molecule is O=P(CN[C@@H](Cc1ccc(-c2ccccc2)cc1)c1ncn[nH]1)(Oc1ccccc1)Oc1ccccc1. The Balaban J connectivity index is 1.34. The van der Waals surface area contributed by atoms with Crippen LogP contribution in [0.25, 0.3) is 11.1 Å². The number of nitrogens with zero attached hydrogens (tertiary/aromatic N) is 2. The lowest BCUT2D eigenvalue weighted by Crippen LogP contribution is -2.27. The molecule has 2 N–H and O–H groups in total. The van der Waals surface area contributed by atoms with Gasteiger partial charge in [0.1, 0.15) is 29.9 Å². The van der Waals surface area contributed by atoms with E-state index in [1.165, 1.54) is 6.33 Å². The lowest BCUT2D eigenvalue weighted by molar-refractivity contribution is 0.374. The van der Waals surface area contributed by atoms with E-state index in [4.69, 9.17) is 9.05 Å². The molecule has 186 valence electrons. The standard InChI is InChI=1S/C29H27N4O3P/c34-37(35-26-12-6-2-7-13-26,36-27-14-8-3-9-15-27)22-31-28(29-30-21-32-33-29)20-23-16-18-25(19-17-23)24-10-4-1-5-11-24/h1-19,21,28,31H,20,22H2,(H,30,32,33)/t28-/m0/s1. The van der Waals surface area contributed by atoms with Crippen molar-refractivity contribution in [2.45, 2.75) is 12.5 Å². The van der Waals surface area contributed by atoms with E-state index < -0.39 is 7.60 Å². The Morgan fingerprint density at radius 1 is 0.730 bits per heavy atom. The van der Waals surface area contributed by atoms with Crippen molar-refractivity contribution in [3.05, 3.63) is 133 Å². The summed E-state index contributed by atoms with van der Waals surface area (Å²) in [6.45, 7) is 0. The highest BCUT2D eigenvalue weighted by Crippen LogP contribution is 2.48. The van der Waals surface area contributed by atoms with E-state index in [1.54, 1.807) is 24.3 Å². The average molecular weight is 511 g/mol. The number of H-pyrrole nitrogens is 1. The highest BCUT2D eigenvalue weighted by Gasteiger charge is 2.30. The van der Waals surface area contributed by atoms with E-state index in [2.05, 4.69) is 56.9 Å². The molecule has 0 amide bonds. The minimum atomic E-state index is -3.64. The van der Waals surface area contributed by atoms with Gasteiger partial charge in [0.15, 0.2) is 0 Å². The molecule has 5 aromatic rings. The van der Waals surface area contributed by atoms with Crippen LogP contribution in [0.3, 0.4) is 0 Å². The predicted octanol–water partition coefficient (Wildman–Crippen LogP) is 6.65. The number of hydrogen-bond acceptors (Lipinski definition) is 6. The van der Waals surface area contributed by atoms with Gasteiger partial charge in [0.05, 0.1) is 6.04 Å². The summed E-state index contributed by atoms with van der Waals surface area (Å²) in [6, 6.07) is 36.4. The van der Waals surface area contributed by atoms with E-state index in [0.717, 1.165) is 16.7 Å². The number of hydrogen-bond donors (Lipinski definition) is 2. The Morgan fingerprint density at radius 2 is 1.27 bits per heavy atom. The van der Waals surface area contributed by atoms with Crippen LogP contribution in [-0.2, 0) is 11.0 Å². The fourth-order valence-corrected chi connectivity index (χ4v) is 5.43. The number of rotatable bonds is 11. The van der Waals surface area contributed by atoms with Crippen molar-refractivity contribution >= 4 is 7.60 Å². The molecular formula is C29H27N4O3P. The van der Waals surface area contributed by atoms with Gasteiger partial charge in [-0.25, -0.2) is 9.55 Å². The third-order valence-corrected chi connectivity index (χ3v) is 7.32. The summed E-state index contributed by atoms with van der Waals surface area (Å²) in [5.41, 5.74) is 3.40. The Kier molecular flexibility index (Phi) is 7.75. The summed E-state index contributed by atoms with van der Waals surface area (Å²) in [5.74, 6) is 1.57. The normalized spacial score (nSPS) is 12.1. The molecule has 0 radical (unpaired) electrons. The van der Waals surface area contributed by atoms with Crippen LogP contribution in [0.2, 0.25) is 0 Å². The number of aromatic amines is 1. The van der Waals surface area contributed by atoms with Crippen molar-refractivity contribution in [1.29, 1.82) is 0 Å². The molecule has 0 fully saturated rings. The van der Waals surface area contributed by atoms with Crippen LogP contribution < -0.4 is 14.4 Å². The van der Waals surface area contributed by atoms with Crippen LogP contribution in [0.5, 0.6) is 11.5 Å². The minimum Gasteiger partial charge on any atom is -0.415 e. The van der Waals surface area contributed by atoms with Crippen molar-refractivity contribution in [2.75, 3.05) is 6.29 Å². The van der Waals surface area contributed by atoms with Gasteiger partial charge < -0.3 is 9.05 Å². The number of nitrogens with one attached hydrogen (secondary N) is 2. The molecule has 0 unspecified atom stereocenters. The van der Waals surface area contributed by atoms with Gasteiger partial charge in [-0.15, -0.1) is 0 Å². The molecule has 37 heavy (non-hydrogen) atoms. The average Bonchev–Trinajstić information content (AvgIpc) is 3.48. The largest absolute Gasteiger partial charge is 0.444 e. The van der Waals surface area contributed by atoms with Crippen molar-refractivity contribution in [3.63, 3.8) is 0 Å². The molecular weight excluding hydrogens is 483 g/mol. The summed E-state index contributed by atoms with van der Waals surface area (Å²) in [5, 5.41) is 10.3. The number of para-hydroxylation sites is 2. The molecule has 0 aliphatic heterocycles. The van der Waals surface area contributed by atoms with Crippen LogP contribution in [0.4, 0.5) is 0 Å². The van der Waals surface area contributed by atoms with E-state index in [9.17, 15) is 4.57 Å². The Hall–Kier alpha value is -4.19. The molecule has 0 aliphatic rings. The van der Waals surface area contributed by atoms with Crippen molar-refractivity contribution in [1.82, 2.24) is 20.5 Å². The van der Waals surface area contributed by atoms with Crippen LogP contribution >= 0.6 is 7.60 Å². The minimum absolute atomic E-state index is 0.0374. The molecule has 0 saturated heterocycles. The fourth-order valence-electron chi connectivity index (χ4n) is 3.94. The summed E-state index contributed by atoms with van der Waals surface area (Å²) < 4.78 is 25.8. The molecule has 0 aliphatic carbocycles. The van der Waals surface area contributed by atoms with Gasteiger partial charge in [0.2, 0.25) is 0 Å².